The molecule has 0 amide bonds. The number of hydrazine groups is 1. The molecule has 0 aliphatic heterocycles. The lowest BCUT2D eigenvalue weighted by molar-refractivity contribution is 0.242. The third kappa shape index (κ3) is 3.88. The first kappa shape index (κ1) is 15.6. The van der Waals surface area contributed by atoms with Crippen molar-refractivity contribution in [2.24, 2.45) is 5.84 Å². The Kier molecular flexibility index (Phi) is 5.07. The monoisotopic (exact) mass is 305 g/mol. The molecular weight excluding hydrogens is 286 g/mol. The second kappa shape index (κ2) is 6.80. The maximum atomic E-state index is 6.03. The summed E-state index contributed by atoms with van der Waals surface area (Å²) in [6.07, 6.45) is 0.145. The van der Waals surface area contributed by atoms with Crippen LogP contribution < -0.4 is 21.7 Å². The van der Waals surface area contributed by atoms with Crippen LogP contribution in [0.3, 0.4) is 0 Å². The lowest BCUT2D eigenvalue weighted by Crippen LogP contribution is -2.29. The molecule has 21 heavy (non-hydrogen) atoms. The van der Waals surface area contributed by atoms with Gasteiger partial charge in [-0.25, -0.2) is 5.43 Å². The van der Waals surface area contributed by atoms with Crippen molar-refractivity contribution in [1.29, 1.82) is 0 Å². The van der Waals surface area contributed by atoms with Crippen LogP contribution in [0.5, 0.6) is 5.75 Å². The van der Waals surface area contributed by atoms with Crippen molar-refractivity contribution in [2.75, 3.05) is 5.73 Å². The van der Waals surface area contributed by atoms with Gasteiger partial charge in [-0.15, -0.1) is 0 Å². The van der Waals surface area contributed by atoms with Gasteiger partial charge in [0.05, 0.1) is 12.1 Å². The molecule has 2 aromatic carbocycles. The van der Waals surface area contributed by atoms with E-state index in [-0.39, 0.29) is 12.1 Å². The van der Waals surface area contributed by atoms with Gasteiger partial charge in [0.15, 0.2) is 0 Å². The largest absolute Gasteiger partial charge is 0.491 e. The second-order valence-electron chi connectivity index (χ2n) is 5.11. The van der Waals surface area contributed by atoms with Crippen molar-refractivity contribution in [2.45, 2.75) is 26.0 Å². The lowest BCUT2D eigenvalue weighted by Gasteiger charge is -2.19. The molecule has 0 saturated heterocycles. The zero-order chi connectivity index (χ0) is 15.4. The van der Waals surface area contributed by atoms with E-state index in [2.05, 4.69) is 5.43 Å². The fourth-order valence-electron chi connectivity index (χ4n) is 2.19. The molecule has 0 heterocycles. The summed E-state index contributed by atoms with van der Waals surface area (Å²) in [4.78, 5) is 0. The summed E-state index contributed by atoms with van der Waals surface area (Å²) in [5.41, 5.74) is 11.3. The Bertz CT molecular complexity index is 599. The summed E-state index contributed by atoms with van der Waals surface area (Å²) in [7, 11) is 0. The number of anilines is 1. The molecule has 0 fully saturated rings. The number of nitrogen functional groups attached to an aromatic ring is 1. The van der Waals surface area contributed by atoms with Gasteiger partial charge < -0.3 is 10.5 Å². The summed E-state index contributed by atoms with van der Waals surface area (Å²) < 4.78 is 5.63. The fraction of sp³-hybridized carbons (Fsp3) is 0.250. The lowest BCUT2D eigenvalue weighted by atomic mass is 9.98. The Morgan fingerprint density at radius 2 is 1.76 bits per heavy atom. The zero-order valence-corrected chi connectivity index (χ0v) is 12.9. The van der Waals surface area contributed by atoms with Crippen molar-refractivity contribution in [3.05, 3.63) is 58.6 Å². The maximum absolute atomic E-state index is 6.03. The molecule has 2 rings (SSSR count). The smallest absolute Gasteiger partial charge is 0.119 e. The summed E-state index contributed by atoms with van der Waals surface area (Å²) in [5.74, 6) is 6.52. The molecule has 0 bridgehead atoms. The maximum Gasteiger partial charge on any atom is 0.119 e. The first-order valence-corrected chi connectivity index (χ1v) is 7.16. The SMILES string of the molecule is CC(C)Oc1ccc(C(NN)c2ccc(Cl)cc2N)cc1. The van der Waals surface area contributed by atoms with Crippen molar-refractivity contribution in [3.63, 3.8) is 0 Å². The van der Waals surface area contributed by atoms with Crippen molar-refractivity contribution in [1.82, 2.24) is 5.43 Å². The molecular formula is C16H20ClN3O. The topological polar surface area (TPSA) is 73.3 Å². The van der Waals surface area contributed by atoms with Gasteiger partial charge in [-0.2, -0.15) is 0 Å². The van der Waals surface area contributed by atoms with E-state index in [4.69, 9.17) is 27.9 Å². The Balaban J connectivity index is 2.28. The van der Waals surface area contributed by atoms with Crippen LogP contribution in [0, 0.1) is 0 Å². The molecule has 0 aliphatic rings. The van der Waals surface area contributed by atoms with Gasteiger partial charge in [-0.1, -0.05) is 29.8 Å². The number of rotatable bonds is 5. The Hall–Kier alpha value is -1.75. The quantitative estimate of drug-likeness (QED) is 0.450. The average molecular weight is 306 g/mol. The Morgan fingerprint density at radius 1 is 1.10 bits per heavy atom. The molecule has 0 spiro atoms. The van der Waals surface area contributed by atoms with E-state index >= 15 is 0 Å². The molecule has 112 valence electrons. The highest BCUT2D eigenvalue weighted by Gasteiger charge is 2.15. The summed E-state index contributed by atoms with van der Waals surface area (Å²) in [5, 5.41) is 0.604. The molecule has 4 nitrogen and oxygen atoms in total. The average Bonchev–Trinajstić information content (AvgIpc) is 2.43. The molecule has 0 aromatic heterocycles. The minimum atomic E-state index is -0.199. The number of ether oxygens (including phenoxy) is 1. The molecule has 0 aliphatic carbocycles. The Morgan fingerprint density at radius 3 is 2.29 bits per heavy atom. The predicted molar refractivity (Wildman–Crippen MR) is 87.2 cm³/mol. The number of halogens is 1. The highest BCUT2D eigenvalue weighted by atomic mass is 35.5. The van der Waals surface area contributed by atoms with Crippen molar-refractivity contribution in [3.8, 4) is 5.75 Å². The molecule has 1 atom stereocenters. The van der Waals surface area contributed by atoms with Crippen molar-refractivity contribution >= 4 is 17.3 Å². The van der Waals surface area contributed by atoms with Gasteiger partial charge in [-0.3, -0.25) is 5.84 Å². The van der Waals surface area contributed by atoms with E-state index < -0.39 is 0 Å². The van der Waals surface area contributed by atoms with E-state index in [0.717, 1.165) is 16.9 Å². The van der Waals surface area contributed by atoms with Gasteiger partial charge >= 0.3 is 0 Å². The van der Waals surface area contributed by atoms with Crippen LogP contribution in [0.1, 0.15) is 31.0 Å². The minimum Gasteiger partial charge on any atom is -0.491 e. The van der Waals surface area contributed by atoms with Gasteiger partial charge in [-0.05, 0) is 49.2 Å². The number of benzene rings is 2. The predicted octanol–water partition coefficient (Wildman–Crippen LogP) is 3.26. The minimum absolute atomic E-state index is 0.145. The third-order valence-corrected chi connectivity index (χ3v) is 3.35. The molecule has 1 unspecified atom stereocenters. The number of hydrogen-bond acceptors (Lipinski definition) is 4. The van der Waals surface area contributed by atoms with Gasteiger partial charge in [0.25, 0.3) is 0 Å². The van der Waals surface area contributed by atoms with Crippen LogP contribution in [0.4, 0.5) is 5.69 Å². The molecule has 5 N–H and O–H groups in total. The van der Waals surface area contributed by atoms with Gasteiger partial charge in [0, 0.05) is 10.7 Å². The second-order valence-corrected chi connectivity index (χ2v) is 5.54. The van der Waals surface area contributed by atoms with Crippen LogP contribution >= 0.6 is 11.6 Å². The van der Waals surface area contributed by atoms with E-state index in [0.29, 0.717) is 10.7 Å². The first-order valence-electron chi connectivity index (χ1n) is 6.79. The van der Waals surface area contributed by atoms with E-state index in [9.17, 15) is 0 Å². The first-order chi connectivity index (χ1) is 10.0. The number of hydrogen-bond donors (Lipinski definition) is 3. The molecule has 5 heteroatoms. The van der Waals surface area contributed by atoms with Crippen molar-refractivity contribution < 1.29 is 4.74 Å². The van der Waals surface area contributed by atoms with Crippen LogP contribution in [0.15, 0.2) is 42.5 Å². The normalized spacial score (nSPS) is 12.4. The van der Waals surface area contributed by atoms with Gasteiger partial charge in [0.2, 0.25) is 0 Å². The summed E-state index contributed by atoms with van der Waals surface area (Å²) in [6.45, 7) is 3.99. The standard InChI is InChI=1S/C16H20ClN3O/c1-10(2)21-13-6-3-11(4-7-13)16(20-19)14-8-5-12(17)9-15(14)18/h3-10,16,20H,18-19H2,1-2H3. The van der Waals surface area contributed by atoms with Gasteiger partial charge in [0.1, 0.15) is 5.75 Å². The van der Waals surface area contributed by atoms with Crippen LogP contribution in [0.25, 0.3) is 0 Å². The highest BCUT2D eigenvalue weighted by Crippen LogP contribution is 2.29. The van der Waals surface area contributed by atoms with Crippen LogP contribution in [-0.4, -0.2) is 6.10 Å². The third-order valence-electron chi connectivity index (χ3n) is 3.11. The van der Waals surface area contributed by atoms with Crippen LogP contribution in [0.2, 0.25) is 5.02 Å². The fourth-order valence-corrected chi connectivity index (χ4v) is 2.37. The highest BCUT2D eigenvalue weighted by molar-refractivity contribution is 6.30. The summed E-state index contributed by atoms with van der Waals surface area (Å²) >= 11 is 5.93. The summed E-state index contributed by atoms with van der Waals surface area (Å²) in [6, 6.07) is 13.0. The van der Waals surface area contributed by atoms with E-state index in [1.165, 1.54) is 0 Å². The number of nitrogens with two attached hydrogens (primary N) is 2. The molecule has 0 radical (unpaired) electrons. The van der Waals surface area contributed by atoms with Crippen LogP contribution in [-0.2, 0) is 0 Å². The van der Waals surface area contributed by atoms with E-state index in [1.807, 2.05) is 44.2 Å². The Labute approximate surface area is 130 Å². The van der Waals surface area contributed by atoms with E-state index in [1.54, 1.807) is 12.1 Å². The zero-order valence-electron chi connectivity index (χ0n) is 12.1. The molecule has 0 saturated carbocycles. The molecule has 2 aromatic rings. The number of nitrogens with one attached hydrogen (secondary N) is 1.